The molecular formula is C68H90F2N10O21S2. The zero-order valence-electron chi connectivity index (χ0n) is 58.2. The maximum Gasteiger partial charge on any atom is 0.410 e. The van der Waals surface area contributed by atoms with Crippen LogP contribution in [0.2, 0.25) is 0 Å². The summed E-state index contributed by atoms with van der Waals surface area (Å²) in [6.07, 6.45) is 5.12. The molecule has 8 N–H and O–H groups in total. The van der Waals surface area contributed by atoms with Crippen LogP contribution in [-0.2, 0) is 103 Å². The fourth-order valence-electron chi connectivity index (χ4n) is 13.2. The summed E-state index contributed by atoms with van der Waals surface area (Å²) in [5.41, 5.74) is -2.78. The fraction of sp³-hybridized carbons (Fsp3) is 0.618. The average Bonchev–Trinajstić information content (AvgIpc) is 1.58. The van der Waals surface area contributed by atoms with Crippen LogP contribution in [0.25, 0.3) is 0 Å². The van der Waals surface area contributed by atoms with Gasteiger partial charge in [0.15, 0.2) is 0 Å². The first-order valence-electron chi connectivity index (χ1n) is 34.4. The monoisotopic (exact) mass is 1480 g/mol. The van der Waals surface area contributed by atoms with E-state index < -0.39 is 167 Å². The summed E-state index contributed by atoms with van der Waals surface area (Å²) < 4.78 is 110. The van der Waals surface area contributed by atoms with Gasteiger partial charge in [0.2, 0.25) is 43.7 Å². The first-order chi connectivity index (χ1) is 48.4. The van der Waals surface area contributed by atoms with E-state index in [1.165, 1.54) is 31.7 Å². The number of nitrogens with two attached hydrogens (primary N) is 1. The zero-order chi connectivity index (χ0) is 74.7. The highest BCUT2D eigenvalue weighted by Crippen LogP contribution is 2.47. The number of alkyl carbamates (subject to hydrolysis) is 2. The molecule has 0 radical (unpaired) electrons. The number of carbonyl (C=O) groups is 10. The number of carbonyl (C=O) groups excluding carboxylic acids is 9. The number of fused-ring (bicyclic) bond motifs is 6. The van der Waals surface area contributed by atoms with Crippen molar-refractivity contribution in [2.24, 2.45) is 17.0 Å². The lowest BCUT2D eigenvalue weighted by Crippen LogP contribution is -2.58. The van der Waals surface area contributed by atoms with Gasteiger partial charge in [0.25, 0.3) is 5.91 Å². The molecule has 35 heteroatoms. The van der Waals surface area contributed by atoms with E-state index in [9.17, 15) is 78.7 Å². The zero-order valence-corrected chi connectivity index (χ0v) is 59.8. The average molecular weight is 1490 g/mol. The highest BCUT2D eigenvalue weighted by molar-refractivity contribution is 7.91. The number of nitrogens with one attached hydrogen (secondary N) is 5. The number of primary sulfonamides is 1. The molecule has 0 unspecified atom stereocenters. The Bertz CT molecular complexity index is 3940. The summed E-state index contributed by atoms with van der Waals surface area (Å²) in [6, 6.07) is 4.48. The van der Waals surface area contributed by atoms with E-state index in [0.717, 1.165) is 12.8 Å². The van der Waals surface area contributed by atoms with Crippen molar-refractivity contribution in [3.63, 3.8) is 0 Å². The topological polar surface area (TPSA) is 414 Å². The van der Waals surface area contributed by atoms with Crippen molar-refractivity contribution >= 4 is 79.9 Å². The Kier molecular flexibility index (Phi) is 23.2. The Morgan fingerprint density at radius 3 is 1.42 bits per heavy atom. The molecule has 9 amide bonds. The largest absolute Gasteiger partial charge is 0.479 e. The van der Waals surface area contributed by atoms with Crippen molar-refractivity contribution in [1.29, 1.82) is 0 Å². The molecule has 4 saturated carbocycles. The van der Waals surface area contributed by atoms with Gasteiger partial charge in [0.05, 0.1) is 49.9 Å². The Labute approximate surface area is 595 Å². The molecule has 6 aliphatic heterocycles. The third-order valence-electron chi connectivity index (χ3n) is 19.0. The van der Waals surface area contributed by atoms with E-state index in [1.807, 2.05) is 0 Å². The highest BCUT2D eigenvalue weighted by Gasteiger charge is 2.63. The van der Waals surface area contributed by atoms with Gasteiger partial charge in [0.1, 0.15) is 70.3 Å². The van der Waals surface area contributed by atoms with Crippen LogP contribution in [0.4, 0.5) is 28.0 Å². The molecule has 6 fully saturated rings. The van der Waals surface area contributed by atoms with Gasteiger partial charge < -0.3 is 64.6 Å². The maximum absolute atomic E-state index is 14.4. The van der Waals surface area contributed by atoms with Gasteiger partial charge in [-0.2, -0.15) is 0 Å². The second-order valence-electron chi connectivity index (χ2n) is 29.5. The summed E-state index contributed by atoms with van der Waals surface area (Å²) in [4.78, 5) is 139. The molecule has 12 rings (SSSR count). The normalized spacial score (nSPS) is 28.6. The molecule has 4 aliphatic carbocycles. The Hall–Kier alpha value is -8.54. The number of ether oxygens (including phenoxy) is 6. The first kappa shape index (κ1) is 77.1. The van der Waals surface area contributed by atoms with E-state index in [2.05, 4.69) is 26.0 Å². The Balaban J connectivity index is 0.000000203. The number of carboxylic acid groups (broad SMARTS) is 1. The van der Waals surface area contributed by atoms with Crippen LogP contribution in [-0.4, -0.2) is 210 Å². The van der Waals surface area contributed by atoms with Crippen molar-refractivity contribution in [2.45, 2.75) is 214 Å². The predicted octanol–water partition coefficient (Wildman–Crippen LogP) is 3.89. The predicted molar refractivity (Wildman–Crippen MR) is 359 cm³/mol. The van der Waals surface area contributed by atoms with Crippen molar-refractivity contribution in [1.82, 2.24) is 45.6 Å². The van der Waals surface area contributed by atoms with Crippen LogP contribution in [0, 0.1) is 23.5 Å². The SMILES string of the molecule is CC(C)(C)OC(=O)N[C@H]1CCCOC/C=C\[C@@H]2C[C@@]2(C(=O)NS(=O)(=O)C2CC2)NC(=O)[C@@H]2C[C@@H](OC(=O)N3Cc4cccc(F)c4C3)CN2C1=O.CC(C)(C)OC(=O)N[C@H]1CCCOC/C=C\[C@@H]2C[C@@]2(C(=O)O)NC(=O)[C@@H]2C[C@@H](OC(=O)N3Cc4cccc(F)c4C3)CN2C1=O.NS(=O)(=O)C1CC1. The number of sulfonamides is 2. The van der Waals surface area contributed by atoms with Crippen LogP contribution < -0.4 is 31.1 Å². The summed E-state index contributed by atoms with van der Waals surface area (Å²) in [5.74, 6) is -6.70. The molecule has 0 bridgehead atoms. The Morgan fingerprint density at radius 1 is 0.612 bits per heavy atom. The number of aliphatic carboxylic acids is 1. The van der Waals surface area contributed by atoms with Gasteiger partial charge in [-0.25, -0.2) is 54.7 Å². The van der Waals surface area contributed by atoms with E-state index in [0.29, 0.717) is 47.9 Å². The molecule has 103 heavy (non-hydrogen) atoms. The van der Waals surface area contributed by atoms with E-state index in [4.69, 9.17) is 33.6 Å². The number of benzene rings is 2. The second kappa shape index (κ2) is 31.0. The number of carboxylic acids is 1. The minimum atomic E-state index is -3.94. The Morgan fingerprint density at radius 2 is 1.03 bits per heavy atom. The molecule has 10 aliphatic rings. The molecule has 2 aromatic carbocycles. The number of amides is 9. The van der Waals surface area contributed by atoms with Gasteiger partial charge in [0, 0.05) is 62.1 Å². The van der Waals surface area contributed by atoms with Gasteiger partial charge in [-0.1, -0.05) is 48.6 Å². The van der Waals surface area contributed by atoms with E-state index in [-0.39, 0.29) is 109 Å². The smallest absolute Gasteiger partial charge is 0.410 e. The maximum atomic E-state index is 14.4. The van der Waals surface area contributed by atoms with Crippen LogP contribution in [0.5, 0.6) is 0 Å². The quantitative estimate of drug-likeness (QED) is 0.138. The molecule has 0 spiro atoms. The van der Waals surface area contributed by atoms with Gasteiger partial charge in [-0.3, -0.25) is 38.5 Å². The standard InChI is InChI=1S/C34H44FN5O10S.C31H39FN4O9.C3H7NO2S/c1-33(2,3)50-31(44)36-26-10-6-14-48-13-5-8-21-16-34(21,30(43)38-51(46,47)23-11-12-23)37-28(41)27-15-22(18-40(27)29(26)42)49-32(45)39-17-20-7-4-9-25(35)24(20)19-39;1-30(2,3)45-28(41)33-23-10-6-12-43-11-5-8-19-14-31(19,27(39)40)34-25(37)24-13-20(16-36(24)26(23)38)44-29(42)35-15-18-7-4-9-22(32)21(18)17-35;4-7(5,6)3-1-2-3/h4-5,7-9,21-23,26-27H,6,10-19H2,1-3H3,(H,36,44)(H,37,41)(H,38,43);4-5,7-9,19-20,23-24H,6,10-17H2,1-3H3,(H,33,41)(H,34,37)(H,39,40);3H,1-2H2,(H2,4,5,6)/b2*8-5-;/t21-,22-,26+,27+,34-;19-,20-,23+,24+,31-;/m11./s1. The minimum Gasteiger partial charge on any atom is -0.479 e. The summed E-state index contributed by atoms with van der Waals surface area (Å²) >= 11 is 0. The molecule has 0 aromatic heterocycles. The number of hydrogen-bond donors (Lipinski definition) is 7. The van der Waals surface area contributed by atoms with E-state index in [1.54, 1.807) is 90.1 Å². The third-order valence-corrected chi connectivity index (χ3v) is 22.2. The van der Waals surface area contributed by atoms with Gasteiger partial charge >= 0.3 is 30.3 Å². The fourth-order valence-corrected chi connectivity index (χ4v) is 15.3. The van der Waals surface area contributed by atoms with Crippen molar-refractivity contribution < 1.29 is 107 Å². The molecule has 2 aromatic rings. The first-order valence-corrected chi connectivity index (χ1v) is 37.6. The molecule has 6 heterocycles. The van der Waals surface area contributed by atoms with Crippen molar-refractivity contribution in [3.8, 4) is 0 Å². The highest BCUT2D eigenvalue weighted by atomic mass is 32.2. The molecule has 2 saturated heterocycles. The summed E-state index contributed by atoms with van der Waals surface area (Å²) in [5, 5.41) is 24.4. The molecular weight excluding hydrogens is 1390 g/mol. The number of rotatable bonds is 9. The number of halogens is 2. The number of hydrogen-bond acceptors (Lipinski definition) is 20. The summed E-state index contributed by atoms with van der Waals surface area (Å²) in [6.45, 7) is 10.8. The van der Waals surface area contributed by atoms with Crippen LogP contribution >= 0.6 is 0 Å². The second-order valence-corrected chi connectivity index (χ2v) is 33.3. The lowest BCUT2D eigenvalue weighted by Gasteiger charge is -2.30. The lowest BCUT2D eigenvalue weighted by atomic mass is 10.1. The van der Waals surface area contributed by atoms with Gasteiger partial charge in [-0.05, 0) is 129 Å². The summed E-state index contributed by atoms with van der Waals surface area (Å²) in [7, 11) is -7.07. The minimum absolute atomic E-state index is 0.0135. The van der Waals surface area contributed by atoms with Crippen molar-refractivity contribution in [2.75, 3.05) is 39.5 Å². The molecule has 564 valence electrons. The van der Waals surface area contributed by atoms with E-state index >= 15 is 0 Å². The van der Waals surface area contributed by atoms with Crippen molar-refractivity contribution in [3.05, 3.63) is 94.6 Å². The number of nitrogens with zero attached hydrogens (tertiary/aromatic N) is 4. The third kappa shape index (κ3) is 19.5. The molecule has 10 atom stereocenters. The molecule has 31 nitrogen and oxygen atoms in total. The lowest BCUT2D eigenvalue weighted by molar-refractivity contribution is -0.145. The van der Waals surface area contributed by atoms with Crippen LogP contribution in [0.15, 0.2) is 60.7 Å². The van der Waals surface area contributed by atoms with Gasteiger partial charge in [-0.15, -0.1) is 0 Å². The van der Waals surface area contributed by atoms with Crippen LogP contribution in [0.3, 0.4) is 0 Å². The van der Waals surface area contributed by atoms with Crippen LogP contribution in [0.1, 0.15) is 141 Å².